The molecule has 1 heterocycles. The van der Waals surface area contributed by atoms with E-state index in [0.29, 0.717) is 24.5 Å². The molecule has 4 rings (SSSR count). The smallest absolute Gasteiger partial charge is 0.251 e. The summed E-state index contributed by atoms with van der Waals surface area (Å²) >= 11 is 0. The van der Waals surface area contributed by atoms with Gasteiger partial charge in [0.05, 0.1) is 24.2 Å². The van der Waals surface area contributed by atoms with Crippen molar-refractivity contribution >= 4 is 27.3 Å². The van der Waals surface area contributed by atoms with Crippen LogP contribution in [0.4, 0.5) is 11.4 Å². The van der Waals surface area contributed by atoms with E-state index in [1.54, 1.807) is 31.4 Å². The van der Waals surface area contributed by atoms with Gasteiger partial charge in [0.15, 0.2) is 0 Å². The molecule has 0 saturated heterocycles. The average Bonchev–Trinajstić information content (AvgIpc) is 2.81. The third-order valence-corrected chi connectivity index (χ3v) is 6.08. The molecule has 3 aromatic carbocycles. The van der Waals surface area contributed by atoms with Gasteiger partial charge in [0.1, 0.15) is 18.1 Å². The maximum Gasteiger partial charge on any atom is 0.251 e. The van der Waals surface area contributed by atoms with Crippen molar-refractivity contribution in [1.82, 2.24) is 5.32 Å². The highest BCUT2D eigenvalue weighted by atomic mass is 32.2. The predicted molar refractivity (Wildman–Crippen MR) is 121 cm³/mol. The van der Waals surface area contributed by atoms with E-state index in [1.807, 2.05) is 30.3 Å². The first-order valence-electron chi connectivity index (χ1n) is 9.93. The lowest BCUT2D eigenvalue weighted by Gasteiger charge is -2.31. The van der Waals surface area contributed by atoms with Gasteiger partial charge in [0, 0.05) is 23.9 Å². The number of anilines is 2. The lowest BCUT2D eigenvalue weighted by molar-refractivity contribution is 0.0950. The van der Waals surface area contributed by atoms with Crippen molar-refractivity contribution < 1.29 is 22.7 Å². The Balaban J connectivity index is 1.48. The Bertz CT molecular complexity index is 1240. The maximum absolute atomic E-state index is 12.7. The average molecular weight is 454 g/mol. The largest absolute Gasteiger partial charge is 0.497 e. The summed E-state index contributed by atoms with van der Waals surface area (Å²) in [6, 6.07) is 19.2. The topological polar surface area (TPSA) is 111 Å². The Labute approximate surface area is 186 Å². The zero-order valence-electron chi connectivity index (χ0n) is 17.4. The first-order valence-corrected chi connectivity index (χ1v) is 11.5. The summed E-state index contributed by atoms with van der Waals surface area (Å²) in [6.45, 7) is 1.42. The molecule has 3 aromatic rings. The van der Waals surface area contributed by atoms with E-state index in [1.165, 1.54) is 12.1 Å². The lowest BCUT2D eigenvalue weighted by atomic mass is 10.1. The fraction of sp³-hybridized carbons (Fsp3) is 0.174. The van der Waals surface area contributed by atoms with Gasteiger partial charge < -0.3 is 19.7 Å². The first-order chi connectivity index (χ1) is 15.3. The molecule has 0 fully saturated rings. The minimum atomic E-state index is -3.74. The number of methoxy groups -OCH3 is 1. The quantitative estimate of drug-likeness (QED) is 0.594. The van der Waals surface area contributed by atoms with Gasteiger partial charge in [0.2, 0.25) is 10.0 Å². The van der Waals surface area contributed by atoms with Crippen LogP contribution in [0.5, 0.6) is 11.5 Å². The minimum absolute atomic E-state index is 0.0278. The van der Waals surface area contributed by atoms with Crippen molar-refractivity contribution in [3.8, 4) is 11.5 Å². The van der Waals surface area contributed by atoms with Crippen molar-refractivity contribution in [2.45, 2.75) is 11.4 Å². The zero-order chi connectivity index (χ0) is 22.7. The summed E-state index contributed by atoms with van der Waals surface area (Å²) in [6.07, 6.45) is 0. The molecule has 166 valence electrons. The Kier molecular flexibility index (Phi) is 6.02. The summed E-state index contributed by atoms with van der Waals surface area (Å²) in [5.74, 6) is 1.14. The van der Waals surface area contributed by atoms with Crippen LogP contribution in [0.15, 0.2) is 71.6 Å². The molecule has 9 heteroatoms. The molecule has 1 amide bonds. The molecule has 1 aliphatic rings. The third-order valence-electron chi connectivity index (χ3n) is 5.16. The van der Waals surface area contributed by atoms with E-state index in [4.69, 9.17) is 14.6 Å². The fourth-order valence-corrected chi connectivity index (χ4v) is 4.00. The van der Waals surface area contributed by atoms with Gasteiger partial charge in [-0.3, -0.25) is 4.79 Å². The SMILES string of the molecule is COc1cccc(N2CCOc3cc(C(=O)NCc4ccc(S(N)(=O)=O)cc4)ccc32)c1. The molecule has 0 aromatic heterocycles. The fourth-order valence-electron chi connectivity index (χ4n) is 3.49. The summed E-state index contributed by atoms with van der Waals surface area (Å²) in [4.78, 5) is 14.8. The Morgan fingerprint density at radius 1 is 1.12 bits per heavy atom. The van der Waals surface area contributed by atoms with E-state index in [2.05, 4.69) is 10.2 Å². The summed E-state index contributed by atoms with van der Waals surface area (Å²) < 4.78 is 33.8. The number of sulfonamides is 1. The number of hydrogen-bond donors (Lipinski definition) is 2. The van der Waals surface area contributed by atoms with Gasteiger partial charge in [-0.05, 0) is 48.0 Å². The highest BCUT2D eigenvalue weighted by Crippen LogP contribution is 2.38. The highest BCUT2D eigenvalue weighted by molar-refractivity contribution is 7.89. The van der Waals surface area contributed by atoms with Crippen LogP contribution in [0, 0.1) is 0 Å². The second-order valence-electron chi connectivity index (χ2n) is 7.26. The van der Waals surface area contributed by atoms with Crippen LogP contribution in [0.2, 0.25) is 0 Å². The number of hydrogen-bond acceptors (Lipinski definition) is 6. The molecule has 0 aliphatic carbocycles. The van der Waals surface area contributed by atoms with E-state index in [-0.39, 0.29) is 17.3 Å². The van der Waals surface area contributed by atoms with Gasteiger partial charge in [-0.1, -0.05) is 18.2 Å². The summed E-state index contributed by atoms with van der Waals surface area (Å²) in [5.41, 5.74) is 3.08. The number of benzene rings is 3. The van der Waals surface area contributed by atoms with Crippen molar-refractivity contribution in [2.75, 3.05) is 25.2 Å². The Hall–Kier alpha value is -3.56. The monoisotopic (exact) mass is 453 g/mol. The van der Waals surface area contributed by atoms with Crippen molar-refractivity contribution in [1.29, 1.82) is 0 Å². The molecule has 32 heavy (non-hydrogen) atoms. The second-order valence-corrected chi connectivity index (χ2v) is 8.82. The molecule has 3 N–H and O–H groups in total. The number of rotatable bonds is 6. The highest BCUT2D eigenvalue weighted by Gasteiger charge is 2.21. The van der Waals surface area contributed by atoms with Crippen molar-refractivity contribution in [3.63, 3.8) is 0 Å². The third kappa shape index (κ3) is 4.68. The van der Waals surface area contributed by atoms with Gasteiger partial charge in [-0.25, -0.2) is 13.6 Å². The zero-order valence-corrected chi connectivity index (χ0v) is 18.3. The molecule has 0 radical (unpaired) electrons. The van der Waals surface area contributed by atoms with Crippen LogP contribution in [0.1, 0.15) is 15.9 Å². The molecular weight excluding hydrogens is 430 g/mol. The second kappa shape index (κ2) is 8.89. The standard InChI is InChI=1S/C23H23N3O5S/c1-30-19-4-2-3-18(14-19)26-11-12-31-22-13-17(7-10-21(22)26)23(27)25-15-16-5-8-20(9-6-16)32(24,28)29/h2-10,13-14H,11-12,15H2,1H3,(H,25,27)(H2,24,28,29). The van der Waals surface area contributed by atoms with Crippen LogP contribution >= 0.6 is 0 Å². The molecule has 1 aliphatic heterocycles. The van der Waals surface area contributed by atoms with Crippen LogP contribution < -0.4 is 24.8 Å². The number of fused-ring (bicyclic) bond motifs is 1. The van der Waals surface area contributed by atoms with Gasteiger partial charge in [-0.15, -0.1) is 0 Å². The van der Waals surface area contributed by atoms with Crippen molar-refractivity contribution in [2.24, 2.45) is 5.14 Å². The van der Waals surface area contributed by atoms with Crippen LogP contribution in [0.25, 0.3) is 0 Å². The van der Waals surface area contributed by atoms with E-state index in [9.17, 15) is 13.2 Å². The van der Waals surface area contributed by atoms with E-state index in [0.717, 1.165) is 22.7 Å². The molecule has 0 saturated carbocycles. The molecular formula is C23H23N3O5S. The number of amides is 1. The van der Waals surface area contributed by atoms with Gasteiger partial charge >= 0.3 is 0 Å². The molecule has 0 unspecified atom stereocenters. The van der Waals surface area contributed by atoms with Crippen LogP contribution in [-0.4, -0.2) is 34.6 Å². The lowest BCUT2D eigenvalue weighted by Crippen LogP contribution is -2.29. The van der Waals surface area contributed by atoms with Crippen LogP contribution in [0.3, 0.4) is 0 Å². The number of carbonyl (C=O) groups is 1. The number of primary sulfonamides is 1. The van der Waals surface area contributed by atoms with Crippen molar-refractivity contribution in [3.05, 3.63) is 77.9 Å². The number of ether oxygens (including phenoxy) is 2. The van der Waals surface area contributed by atoms with E-state index < -0.39 is 10.0 Å². The van der Waals surface area contributed by atoms with Gasteiger partial charge in [-0.2, -0.15) is 0 Å². The number of nitrogens with one attached hydrogen (secondary N) is 1. The minimum Gasteiger partial charge on any atom is -0.497 e. The normalized spacial score (nSPS) is 13.1. The predicted octanol–water partition coefficient (Wildman–Crippen LogP) is 2.80. The number of nitrogens with zero attached hydrogens (tertiary/aromatic N) is 1. The Morgan fingerprint density at radius 2 is 1.91 bits per heavy atom. The number of nitrogens with two attached hydrogens (primary N) is 1. The molecule has 8 nitrogen and oxygen atoms in total. The van der Waals surface area contributed by atoms with E-state index >= 15 is 0 Å². The maximum atomic E-state index is 12.7. The molecule has 0 spiro atoms. The summed E-state index contributed by atoms with van der Waals surface area (Å²) in [5, 5.41) is 7.94. The molecule has 0 bridgehead atoms. The first kappa shape index (κ1) is 21.7. The van der Waals surface area contributed by atoms with Crippen LogP contribution in [-0.2, 0) is 16.6 Å². The number of carbonyl (C=O) groups excluding carboxylic acids is 1. The van der Waals surface area contributed by atoms with Gasteiger partial charge in [0.25, 0.3) is 5.91 Å². The Morgan fingerprint density at radius 3 is 2.62 bits per heavy atom. The molecule has 0 atom stereocenters. The summed E-state index contributed by atoms with van der Waals surface area (Å²) in [7, 11) is -2.11.